The Hall–Kier alpha value is -17.0. The lowest BCUT2D eigenvalue weighted by atomic mass is 10.1. The molecule has 0 amide bonds. The fourth-order valence-electron chi connectivity index (χ4n) is 14.2. The van der Waals surface area contributed by atoms with Crippen molar-refractivity contribution in [3.8, 4) is 62.7 Å². The summed E-state index contributed by atoms with van der Waals surface area (Å²) in [4.78, 5) is 106. The lowest BCUT2D eigenvalue weighted by molar-refractivity contribution is -0.137. The smallest absolute Gasteiger partial charge is 0.416 e. The molecule has 0 fully saturated rings. The number of fused-ring (bicyclic) bond motifs is 5. The highest BCUT2D eigenvalue weighted by Gasteiger charge is 2.31. The second-order valence-corrected chi connectivity index (χ2v) is 32.1. The largest absolute Gasteiger partial charge is 0.495 e. The summed E-state index contributed by atoms with van der Waals surface area (Å²) in [5.41, 5.74) is 15.0. The van der Waals surface area contributed by atoms with E-state index in [0.717, 1.165) is 79.6 Å². The van der Waals surface area contributed by atoms with E-state index in [1.54, 1.807) is 37.4 Å². The number of nitrogens with zero attached hydrogens (tertiary/aromatic N) is 15. The summed E-state index contributed by atoms with van der Waals surface area (Å²) in [5.74, 6) is 4.08. The summed E-state index contributed by atoms with van der Waals surface area (Å²) >= 11 is 12.2. The third kappa shape index (κ3) is 22.2. The van der Waals surface area contributed by atoms with Crippen molar-refractivity contribution in [2.24, 2.45) is 0 Å². The molecule has 136 heavy (non-hydrogen) atoms. The third-order valence-corrected chi connectivity index (χ3v) is 22.1. The Kier molecular flexibility index (Phi) is 27.7. The van der Waals surface area contributed by atoms with Gasteiger partial charge in [-0.15, -0.1) is 0 Å². The van der Waals surface area contributed by atoms with E-state index >= 15 is 0 Å². The number of aromatic nitrogens is 20. The Morgan fingerprint density at radius 3 is 1.09 bits per heavy atom. The van der Waals surface area contributed by atoms with Gasteiger partial charge in [-0.3, -0.25) is 49.5 Å². The predicted molar refractivity (Wildman–Crippen MR) is 514 cm³/mol. The van der Waals surface area contributed by atoms with Gasteiger partial charge >= 0.3 is 6.18 Å². The van der Waals surface area contributed by atoms with Crippen molar-refractivity contribution in [2.45, 2.75) is 80.4 Å². The van der Waals surface area contributed by atoms with Gasteiger partial charge in [0, 0.05) is 80.2 Å². The monoisotopic (exact) mass is 1870 g/mol. The fraction of sp³-hybridized carbons (Fsp3) is 0.133. The van der Waals surface area contributed by atoms with E-state index in [0.29, 0.717) is 116 Å². The molecule has 0 saturated carbocycles. The number of H-pyrrole nitrogens is 5. The first-order valence-electron chi connectivity index (χ1n) is 42.3. The molecule has 31 nitrogen and oxygen atoms in total. The average Bonchev–Trinajstić information content (AvgIpc) is 1.70. The quantitative estimate of drug-likeness (QED) is 0.0299. The number of methoxy groups -OCH3 is 1. The van der Waals surface area contributed by atoms with Crippen molar-refractivity contribution in [2.75, 3.05) is 33.7 Å². The summed E-state index contributed by atoms with van der Waals surface area (Å²) in [5, 5.41) is 31.8. The number of nitrogens with one attached hydrogen (secondary N) is 10. The lowest BCUT2D eigenvalue weighted by Crippen LogP contribution is -2.17. The Labute approximate surface area is 779 Å². The maximum Gasteiger partial charge on any atom is 0.416 e. The van der Waals surface area contributed by atoms with Crippen molar-refractivity contribution in [1.82, 2.24) is 97.9 Å². The maximum atomic E-state index is 13.1. The van der Waals surface area contributed by atoms with Crippen LogP contribution in [0.25, 0.3) is 85.8 Å². The van der Waals surface area contributed by atoms with Gasteiger partial charge in [0.1, 0.15) is 17.4 Å². The van der Waals surface area contributed by atoms with Crippen molar-refractivity contribution in [1.29, 1.82) is 0 Å². The molecule has 0 spiro atoms. The molecule has 10 aromatic heterocycles. The van der Waals surface area contributed by atoms with Gasteiger partial charge in [0.15, 0.2) is 29.1 Å². The number of benzene rings is 10. The number of halogens is 7. The molecule has 38 heteroatoms. The van der Waals surface area contributed by atoms with Crippen LogP contribution in [0.2, 0.25) is 10.0 Å². The topological polar surface area (TPSA) is 385 Å². The molecule has 0 saturated heterocycles. The minimum atomic E-state index is -4.42. The zero-order chi connectivity index (χ0) is 95.4. The molecule has 10 aromatic carbocycles. The molecule has 20 rings (SSSR count). The van der Waals surface area contributed by atoms with Crippen LogP contribution in [-0.4, -0.2) is 105 Å². The molecule has 10 heterocycles. The molecule has 0 unspecified atom stereocenters. The number of hydrogen-bond acceptors (Lipinski definition) is 21. The minimum Gasteiger partial charge on any atom is -0.495 e. The summed E-state index contributed by atoms with van der Waals surface area (Å²) in [7, 11) is 1.62. The average molecular weight is 1870 g/mol. The molecule has 686 valence electrons. The van der Waals surface area contributed by atoms with E-state index in [1.807, 2.05) is 167 Å². The lowest BCUT2D eigenvalue weighted by Gasteiger charge is -2.10. The van der Waals surface area contributed by atoms with Gasteiger partial charge in [-0.1, -0.05) is 156 Å². The van der Waals surface area contributed by atoms with Crippen LogP contribution in [-0.2, 0) is 38.9 Å². The van der Waals surface area contributed by atoms with Crippen molar-refractivity contribution in [3.05, 3.63) is 402 Å². The minimum absolute atomic E-state index is 0.0829. The molecule has 0 aliphatic rings. The van der Waals surface area contributed by atoms with Crippen molar-refractivity contribution < 1.29 is 26.7 Å². The van der Waals surface area contributed by atoms with E-state index in [2.05, 4.69) is 128 Å². The molecule has 10 N–H and O–H groups in total. The molecular weight excluding hydrogens is 1790 g/mol. The third-order valence-electron chi connectivity index (χ3n) is 21.3. The molecule has 20 aromatic rings. The molecule has 0 aliphatic carbocycles. The zero-order valence-electron chi connectivity index (χ0n) is 73.7. The zero-order valence-corrected chi connectivity index (χ0v) is 75.2. The molecule has 0 atom stereocenters. The number of aromatic amines is 5. The Bertz CT molecular complexity index is 8090. The maximum absolute atomic E-state index is 13.1. The van der Waals surface area contributed by atoms with Gasteiger partial charge in [-0.2, -0.15) is 60.7 Å². The van der Waals surface area contributed by atoms with Crippen LogP contribution in [0.5, 0.6) is 5.75 Å². The van der Waals surface area contributed by atoms with Crippen molar-refractivity contribution >= 4 is 80.5 Å². The molecule has 0 aliphatic heterocycles. The van der Waals surface area contributed by atoms with Gasteiger partial charge in [0.05, 0.1) is 90.3 Å². The van der Waals surface area contributed by atoms with Gasteiger partial charge in [-0.25, -0.2) is 33.7 Å². The first kappa shape index (κ1) is 92.3. The first-order chi connectivity index (χ1) is 65.5. The Balaban J connectivity index is 0.000000123. The van der Waals surface area contributed by atoms with Crippen LogP contribution in [0, 0.1) is 53.2 Å². The standard InChI is InChI=1S/C21H21N5O.C20H16F3N5O.C20H19N5O2.C19H15ClFN5O.C18H13ClFN5O/c1-13-4-7-16(8-5-13)20-24-21-23-17(11-19(27)26(21)25-20)12-22-18-9-6-14(2)10-15(18)3;1-12-5-2-3-8-16(12)18-26-19-25-15(10-17(29)28(19)27-18)11-24-14-7-4-6-13(9-14)20(21,22)23;1-13-7-3-4-8-15(13)19-23-20-22-14(11-18(26)25(20)24-19)12-21-16-9-5-6-10-17(16)27-2;1-11-2-7-14(8-16(11)20)22-10-15-9-17(27)26-19(23-15)24-18(25-26)12-3-5-13(21)6-4-12;19-14-3-1-2-4-15(14)21-10-13-9-16(26)25-18(22-13)23-17(24-25)11-5-7-12(20)8-6-11/h4-11,22H,12H2,1-3H3,(H,23,24,25);2-10,24H,11H2,1H3,(H,25,26,27);3-11,21H,12H2,1-2H3,(H,22,23,24);2-9,22H,10H2,1H3,(H,23,24,25);1-9,21H,10H2,(H,22,23,24). The van der Waals surface area contributed by atoms with Crippen LogP contribution < -0.4 is 59.1 Å². The number of para-hydroxylation sites is 3. The summed E-state index contributed by atoms with van der Waals surface area (Å²) in [6.45, 7) is 13.6. The number of ether oxygens (including phenoxy) is 1. The van der Waals surface area contributed by atoms with Crippen LogP contribution in [0.4, 0.5) is 50.4 Å². The van der Waals surface area contributed by atoms with Crippen LogP contribution in [0.3, 0.4) is 0 Å². The number of rotatable bonds is 21. The van der Waals surface area contributed by atoms with Gasteiger partial charge in [0.25, 0.3) is 56.7 Å². The van der Waals surface area contributed by atoms with E-state index < -0.39 is 11.7 Å². The van der Waals surface area contributed by atoms with Crippen molar-refractivity contribution in [3.63, 3.8) is 0 Å². The summed E-state index contributed by atoms with van der Waals surface area (Å²) < 4.78 is 76.4. The number of alkyl halides is 3. The number of aryl methyl sites for hydroxylation is 6. The second kappa shape index (κ2) is 40.8. The number of anilines is 5. The van der Waals surface area contributed by atoms with Crippen LogP contribution in [0.15, 0.2) is 285 Å². The first-order valence-corrected chi connectivity index (χ1v) is 43.0. The van der Waals surface area contributed by atoms with Crippen LogP contribution in [0.1, 0.15) is 67.4 Å². The van der Waals surface area contributed by atoms with E-state index in [4.69, 9.17) is 27.9 Å². The van der Waals surface area contributed by atoms with E-state index in [-0.39, 0.29) is 69.0 Å². The SMILES string of the molecule is COc1ccccc1NCc1cc(=O)n2[nH]c(-c3ccccc3C)nc2n1.Cc1ccc(-c2nc3nc(CNc4ccc(C)cc4C)cc(=O)n3[nH]2)cc1.Cc1ccc(NCc2cc(=O)n3[nH]c(-c4ccc(F)cc4)nc3n2)cc1Cl.Cc1ccccc1-c1nc2nc(CNc3cccc(C(F)(F)F)c3)cc(=O)n2[nH]1.O=c1cc(CNc2ccccc2Cl)nc2nc(-c3ccc(F)cc3)[nH]n12. The van der Waals surface area contributed by atoms with E-state index in [9.17, 15) is 45.9 Å². The van der Waals surface area contributed by atoms with Crippen LogP contribution >= 0.6 is 23.2 Å². The fourth-order valence-corrected chi connectivity index (χ4v) is 14.6. The molecule has 0 bridgehead atoms. The molecular formula is C98H84Cl2F5N25O6. The number of hydrogen-bond donors (Lipinski definition) is 10. The van der Waals surface area contributed by atoms with Gasteiger partial charge in [0.2, 0.25) is 0 Å². The summed E-state index contributed by atoms with van der Waals surface area (Å²) in [6, 6.07) is 73.9. The summed E-state index contributed by atoms with van der Waals surface area (Å²) in [6.07, 6.45) is -4.42. The highest BCUT2D eigenvalue weighted by molar-refractivity contribution is 6.33. The van der Waals surface area contributed by atoms with E-state index in [1.165, 1.54) is 100 Å². The normalized spacial score (nSPS) is 11.2. The second-order valence-electron chi connectivity index (χ2n) is 31.3. The highest BCUT2D eigenvalue weighted by atomic mass is 35.5. The highest BCUT2D eigenvalue weighted by Crippen LogP contribution is 2.33. The molecule has 0 radical (unpaired) electrons. The Morgan fingerprint density at radius 2 is 0.676 bits per heavy atom. The van der Waals surface area contributed by atoms with Gasteiger partial charge in [-0.05, 0) is 173 Å². The van der Waals surface area contributed by atoms with Gasteiger partial charge < -0.3 is 31.3 Å². The Morgan fingerprint density at radius 1 is 0.316 bits per heavy atom. The predicted octanol–water partition coefficient (Wildman–Crippen LogP) is 17.9.